The minimum atomic E-state index is -0.457. The van der Waals surface area contributed by atoms with Gasteiger partial charge in [-0.05, 0) is 43.9 Å². The van der Waals surface area contributed by atoms with Gasteiger partial charge in [-0.15, -0.1) is 0 Å². The van der Waals surface area contributed by atoms with Crippen molar-refractivity contribution >= 4 is 10.9 Å². The monoisotopic (exact) mass is 352 g/mol. The summed E-state index contributed by atoms with van der Waals surface area (Å²) in [5.74, 6) is 0. The number of nitrogens with zero attached hydrogens (tertiary/aromatic N) is 3. The average Bonchev–Trinajstić information content (AvgIpc) is 3.10. The van der Waals surface area contributed by atoms with E-state index in [1.807, 2.05) is 6.92 Å². The van der Waals surface area contributed by atoms with Gasteiger partial charge in [-0.3, -0.25) is 9.58 Å². The molecule has 0 amide bonds. The zero-order valence-electron chi connectivity index (χ0n) is 15.9. The van der Waals surface area contributed by atoms with Gasteiger partial charge in [0.15, 0.2) is 0 Å². The largest absolute Gasteiger partial charge is 0.387 e. The molecule has 0 aliphatic carbocycles. The average molecular weight is 352 g/mol. The topological polar surface area (TPSA) is 57.1 Å². The first-order valence-electron chi connectivity index (χ1n) is 9.60. The quantitative estimate of drug-likeness (QED) is 0.750. The lowest BCUT2D eigenvalue weighted by Gasteiger charge is -2.20. The van der Waals surface area contributed by atoms with Gasteiger partial charge in [0.1, 0.15) is 0 Å². The number of aromatic nitrogens is 3. The summed E-state index contributed by atoms with van der Waals surface area (Å²) in [5, 5.41) is 16.1. The Morgan fingerprint density at radius 1 is 1.27 bits per heavy atom. The lowest BCUT2D eigenvalue weighted by atomic mass is 10.1. The predicted molar refractivity (Wildman–Crippen MR) is 104 cm³/mol. The van der Waals surface area contributed by atoms with E-state index < -0.39 is 6.10 Å². The third-order valence-corrected chi connectivity index (χ3v) is 5.66. The Labute approximate surface area is 154 Å². The molecule has 1 atom stereocenters. The predicted octanol–water partition coefficient (Wildman–Crippen LogP) is 3.83. The van der Waals surface area contributed by atoms with Gasteiger partial charge in [0.2, 0.25) is 0 Å². The Balaban J connectivity index is 1.59. The maximum absolute atomic E-state index is 10.1. The Morgan fingerprint density at radius 3 is 2.92 bits per heavy atom. The first-order valence-corrected chi connectivity index (χ1v) is 9.60. The molecule has 138 valence electrons. The summed E-state index contributed by atoms with van der Waals surface area (Å²) in [4.78, 5) is 6.06. The number of benzene rings is 1. The summed E-state index contributed by atoms with van der Waals surface area (Å²) >= 11 is 0. The molecule has 3 aromatic rings. The van der Waals surface area contributed by atoms with Crippen LogP contribution in [0.4, 0.5) is 0 Å². The molecule has 2 N–H and O–H groups in total. The molecule has 0 saturated heterocycles. The molecule has 2 aromatic heterocycles. The van der Waals surface area contributed by atoms with E-state index in [1.54, 1.807) is 0 Å². The zero-order valence-corrected chi connectivity index (χ0v) is 15.9. The number of nitrogens with one attached hydrogen (secondary N) is 1. The van der Waals surface area contributed by atoms with Crippen molar-refractivity contribution in [3.05, 3.63) is 52.5 Å². The van der Waals surface area contributed by atoms with Crippen molar-refractivity contribution in [2.45, 2.75) is 59.4 Å². The number of para-hydroxylation sites is 1. The Morgan fingerprint density at radius 2 is 2.12 bits per heavy atom. The van der Waals surface area contributed by atoms with Crippen LogP contribution >= 0.6 is 0 Å². The Bertz CT molecular complexity index is 924. The minimum Gasteiger partial charge on any atom is -0.387 e. The van der Waals surface area contributed by atoms with Gasteiger partial charge in [0.05, 0.1) is 23.0 Å². The van der Waals surface area contributed by atoms with Crippen molar-refractivity contribution in [2.24, 2.45) is 0 Å². The zero-order chi connectivity index (χ0) is 18.3. The number of fused-ring (bicyclic) bond motifs is 2. The van der Waals surface area contributed by atoms with E-state index in [2.05, 4.69) is 57.8 Å². The van der Waals surface area contributed by atoms with Crippen LogP contribution in [0.25, 0.3) is 10.9 Å². The van der Waals surface area contributed by atoms with Gasteiger partial charge in [-0.2, -0.15) is 5.10 Å². The molecule has 0 spiro atoms. The molecule has 0 fully saturated rings. The normalized spacial score (nSPS) is 16.6. The molecule has 0 saturated carbocycles. The molecule has 5 heteroatoms. The maximum Gasteiger partial charge on any atom is 0.0975 e. The van der Waals surface area contributed by atoms with Crippen molar-refractivity contribution in [1.82, 2.24) is 19.7 Å². The van der Waals surface area contributed by atoms with E-state index >= 15 is 0 Å². The number of aliphatic hydroxyl groups is 1. The van der Waals surface area contributed by atoms with Gasteiger partial charge in [0.25, 0.3) is 0 Å². The fraction of sp³-hybridized carbons (Fsp3) is 0.476. The summed E-state index contributed by atoms with van der Waals surface area (Å²) in [5.41, 5.74) is 7.22. The highest BCUT2D eigenvalue weighted by molar-refractivity contribution is 5.87. The van der Waals surface area contributed by atoms with E-state index in [0.717, 1.165) is 38.3 Å². The Kier molecular flexibility index (Phi) is 4.59. The fourth-order valence-corrected chi connectivity index (χ4v) is 3.97. The van der Waals surface area contributed by atoms with E-state index in [1.165, 1.54) is 33.4 Å². The summed E-state index contributed by atoms with van der Waals surface area (Å²) in [6, 6.07) is 8.67. The lowest BCUT2D eigenvalue weighted by molar-refractivity contribution is 0.167. The molecular formula is C21H28N4O. The summed E-state index contributed by atoms with van der Waals surface area (Å²) < 4.78 is 2.08. The molecule has 5 nitrogen and oxygen atoms in total. The summed E-state index contributed by atoms with van der Waals surface area (Å²) in [6.07, 6.45) is 1.32. The van der Waals surface area contributed by atoms with E-state index in [9.17, 15) is 5.11 Å². The summed E-state index contributed by atoms with van der Waals surface area (Å²) in [7, 11) is 0. The Hall–Kier alpha value is -2.11. The van der Waals surface area contributed by atoms with Crippen LogP contribution in [0.2, 0.25) is 0 Å². The van der Waals surface area contributed by atoms with Crippen LogP contribution < -0.4 is 0 Å². The molecule has 0 radical (unpaired) electrons. The molecule has 26 heavy (non-hydrogen) atoms. The highest BCUT2D eigenvalue weighted by atomic mass is 16.3. The molecule has 4 rings (SSSR count). The number of hydrogen-bond acceptors (Lipinski definition) is 3. The van der Waals surface area contributed by atoms with E-state index in [4.69, 9.17) is 0 Å². The second kappa shape index (κ2) is 6.89. The van der Waals surface area contributed by atoms with Crippen molar-refractivity contribution in [3.8, 4) is 0 Å². The van der Waals surface area contributed by atoms with Crippen LogP contribution in [0.1, 0.15) is 54.1 Å². The number of H-pyrrole nitrogens is 1. The van der Waals surface area contributed by atoms with Gasteiger partial charge in [-0.25, -0.2) is 0 Å². The highest BCUT2D eigenvalue weighted by Gasteiger charge is 2.20. The third-order valence-electron chi connectivity index (χ3n) is 5.66. The molecule has 3 heterocycles. The number of aliphatic hydroxyl groups excluding tert-OH is 1. The SMILES string of the molecule is CCC(O)c1cc2n(n1)CCCN(Cc1cccc3c(C)c(C)[nH]c13)C2. The smallest absolute Gasteiger partial charge is 0.0975 e. The molecular weight excluding hydrogens is 324 g/mol. The minimum absolute atomic E-state index is 0.457. The van der Waals surface area contributed by atoms with Crippen molar-refractivity contribution in [2.75, 3.05) is 6.54 Å². The highest BCUT2D eigenvalue weighted by Crippen LogP contribution is 2.26. The van der Waals surface area contributed by atoms with Crippen LogP contribution in [0.15, 0.2) is 24.3 Å². The van der Waals surface area contributed by atoms with Gasteiger partial charge < -0.3 is 10.1 Å². The van der Waals surface area contributed by atoms with Crippen molar-refractivity contribution in [3.63, 3.8) is 0 Å². The standard InChI is InChI=1S/C21H28N4O/c1-4-20(26)19-11-17-13-24(9-6-10-25(17)23-19)12-16-7-5-8-18-14(2)15(3)22-21(16)18/h5,7-8,11,20,22,26H,4,6,9-10,12-13H2,1-3H3. The van der Waals surface area contributed by atoms with Crippen LogP contribution in [0.3, 0.4) is 0 Å². The third kappa shape index (κ3) is 3.06. The van der Waals surface area contributed by atoms with E-state index in [-0.39, 0.29) is 0 Å². The molecule has 1 unspecified atom stereocenters. The van der Waals surface area contributed by atoms with Gasteiger partial charge in [0, 0.05) is 37.3 Å². The molecule has 1 aliphatic rings. The first-order chi connectivity index (χ1) is 12.6. The second-order valence-corrected chi connectivity index (χ2v) is 7.49. The number of aromatic amines is 1. The van der Waals surface area contributed by atoms with Crippen molar-refractivity contribution < 1.29 is 5.11 Å². The lowest BCUT2D eigenvalue weighted by Crippen LogP contribution is -2.23. The molecule has 1 aromatic carbocycles. The number of hydrogen-bond donors (Lipinski definition) is 2. The van der Waals surface area contributed by atoms with E-state index in [0.29, 0.717) is 6.42 Å². The first kappa shape index (κ1) is 17.3. The van der Waals surface area contributed by atoms with Crippen LogP contribution in [0, 0.1) is 13.8 Å². The van der Waals surface area contributed by atoms with Crippen LogP contribution in [-0.2, 0) is 19.6 Å². The van der Waals surface area contributed by atoms with Crippen molar-refractivity contribution in [1.29, 1.82) is 0 Å². The van der Waals surface area contributed by atoms with Gasteiger partial charge in [-0.1, -0.05) is 25.1 Å². The fourth-order valence-electron chi connectivity index (χ4n) is 3.97. The number of rotatable bonds is 4. The van der Waals surface area contributed by atoms with Crippen LogP contribution in [0.5, 0.6) is 0 Å². The van der Waals surface area contributed by atoms with Gasteiger partial charge >= 0.3 is 0 Å². The second-order valence-electron chi connectivity index (χ2n) is 7.49. The molecule has 0 bridgehead atoms. The van der Waals surface area contributed by atoms with Crippen LogP contribution in [-0.4, -0.2) is 31.3 Å². The molecule has 1 aliphatic heterocycles. The summed E-state index contributed by atoms with van der Waals surface area (Å²) in [6.45, 7) is 10.1. The maximum atomic E-state index is 10.1. The number of aryl methyl sites for hydroxylation is 3.